The van der Waals surface area contributed by atoms with Crippen LogP contribution in [0.25, 0.3) is 6.08 Å². The Kier molecular flexibility index (Phi) is 14.7. The molecule has 0 heterocycles. The third-order valence-corrected chi connectivity index (χ3v) is 1.36. The summed E-state index contributed by atoms with van der Waals surface area (Å²) in [7, 11) is 0. The Morgan fingerprint density at radius 1 is 1.06 bits per heavy atom. The molecule has 0 aliphatic carbocycles. The summed E-state index contributed by atoms with van der Waals surface area (Å²) in [6, 6.07) is 10.0. The first-order valence-corrected chi connectivity index (χ1v) is 5.61. The Bertz CT molecular complexity index is 324. The van der Waals surface area contributed by atoms with Gasteiger partial charge in [0.25, 0.3) is 0 Å². The van der Waals surface area contributed by atoms with Gasteiger partial charge in [0.05, 0.1) is 0 Å². The molecule has 92 valence electrons. The molecular formula is C17H24. The Morgan fingerprint density at radius 2 is 1.53 bits per heavy atom. The van der Waals surface area contributed by atoms with Gasteiger partial charge in [-0.25, -0.2) is 0 Å². The van der Waals surface area contributed by atoms with E-state index in [0.29, 0.717) is 0 Å². The second kappa shape index (κ2) is 14.2. The van der Waals surface area contributed by atoms with Crippen LogP contribution in [0.4, 0.5) is 0 Å². The fraction of sp³-hybridized carbons (Fsp3) is 0.176. The molecule has 0 radical (unpaired) electrons. The molecule has 0 saturated heterocycles. The summed E-state index contributed by atoms with van der Waals surface area (Å²) < 4.78 is 0. The van der Waals surface area contributed by atoms with Crippen molar-refractivity contribution in [1.82, 2.24) is 0 Å². The van der Waals surface area contributed by atoms with Crippen LogP contribution in [0, 0.1) is 0 Å². The maximum absolute atomic E-state index is 3.63. The fourth-order valence-corrected chi connectivity index (χ4v) is 0.725. The molecule has 0 saturated carbocycles. The summed E-state index contributed by atoms with van der Waals surface area (Å²) in [6.45, 7) is 16.6. The van der Waals surface area contributed by atoms with Gasteiger partial charge in [-0.05, 0) is 26.3 Å². The molecule has 0 amide bonds. The summed E-state index contributed by atoms with van der Waals surface area (Å²) in [5.41, 5.74) is 2.34. The van der Waals surface area contributed by atoms with Crippen LogP contribution in [0.15, 0.2) is 73.9 Å². The first kappa shape index (κ1) is 17.6. The Morgan fingerprint density at radius 3 is 1.71 bits per heavy atom. The van der Waals surface area contributed by atoms with Gasteiger partial charge in [-0.2, -0.15) is 0 Å². The van der Waals surface area contributed by atoms with Gasteiger partial charge in [-0.15, -0.1) is 6.58 Å². The van der Waals surface area contributed by atoms with Gasteiger partial charge in [-0.3, -0.25) is 0 Å². The molecular weight excluding hydrogens is 204 g/mol. The summed E-state index contributed by atoms with van der Waals surface area (Å²) in [6.07, 6.45) is 7.41. The molecule has 0 nitrogen and oxygen atoms in total. The standard InChI is InChI=1S/C8H8.C5H8.C4H8/c1-2-8-6-4-3-5-7-8;1-3-5-4-2;1-4(2)3/h2-7H,1H2;3-5H,1H2,2H3;1H2,2-3H3. The molecule has 0 fully saturated rings. The van der Waals surface area contributed by atoms with Crippen LogP contribution < -0.4 is 0 Å². The minimum atomic E-state index is 1.17. The van der Waals surface area contributed by atoms with Crippen molar-refractivity contribution in [3.8, 4) is 0 Å². The van der Waals surface area contributed by atoms with E-state index in [1.165, 1.54) is 11.1 Å². The van der Waals surface area contributed by atoms with E-state index in [9.17, 15) is 0 Å². The predicted octanol–water partition coefficient (Wildman–Crippen LogP) is 5.66. The lowest BCUT2D eigenvalue weighted by atomic mass is 10.2. The molecule has 1 rings (SSSR count). The van der Waals surface area contributed by atoms with Crippen molar-refractivity contribution in [3.05, 3.63) is 79.4 Å². The van der Waals surface area contributed by atoms with E-state index in [-0.39, 0.29) is 0 Å². The maximum atomic E-state index is 3.63. The van der Waals surface area contributed by atoms with Gasteiger partial charge in [0, 0.05) is 0 Å². The summed E-state index contributed by atoms with van der Waals surface area (Å²) in [5, 5.41) is 0. The SMILES string of the molecule is C=C(C)C.C=CC=CC.C=Cc1ccccc1. The number of rotatable bonds is 2. The third-order valence-electron chi connectivity index (χ3n) is 1.36. The minimum Gasteiger partial charge on any atom is -0.100 e. The lowest BCUT2D eigenvalue weighted by molar-refractivity contribution is 1.42. The Hall–Kier alpha value is -1.82. The second-order valence-electron chi connectivity index (χ2n) is 3.58. The highest BCUT2D eigenvalue weighted by Gasteiger charge is 1.75. The quantitative estimate of drug-likeness (QED) is 0.452. The first-order chi connectivity index (χ1) is 8.08. The van der Waals surface area contributed by atoms with Crippen molar-refractivity contribution >= 4 is 6.08 Å². The minimum absolute atomic E-state index is 1.17. The normalized spacial score (nSPS) is 8.18. The molecule has 0 atom stereocenters. The molecule has 0 heteroatoms. The second-order valence-corrected chi connectivity index (χ2v) is 3.58. The predicted molar refractivity (Wildman–Crippen MR) is 82.0 cm³/mol. The molecule has 0 aliphatic rings. The van der Waals surface area contributed by atoms with E-state index in [4.69, 9.17) is 0 Å². The van der Waals surface area contributed by atoms with Gasteiger partial charge < -0.3 is 0 Å². The summed E-state index contributed by atoms with van der Waals surface area (Å²) in [4.78, 5) is 0. The van der Waals surface area contributed by atoms with Crippen LogP contribution in [-0.2, 0) is 0 Å². The van der Waals surface area contributed by atoms with Crippen molar-refractivity contribution in [2.24, 2.45) is 0 Å². The molecule has 0 spiro atoms. The maximum Gasteiger partial charge on any atom is -0.0263 e. The van der Waals surface area contributed by atoms with Gasteiger partial charge in [0.2, 0.25) is 0 Å². The van der Waals surface area contributed by atoms with E-state index in [0.717, 1.165) is 0 Å². The molecule has 1 aromatic carbocycles. The van der Waals surface area contributed by atoms with Crippen molar-refractivity contribution in [2.75, 3.05) is 0 Å². The molecule has 0 aromatic heterocycles. The highest BCUT2D eigenvalue weighted by molar-refractivity contribution is 5.45. The topological polar surface area (TPSA) is 0 Å². The van der Waals surface area contributed by atoms with E-state index >= 15 is 0 Å². The van der Waals surface area contributed by atoms with E-state index in [2.05, 4.69) is 19.7 Å². The molecule has 0 bridgehead atoms. The lowest BCUT2D eigenvalue weighted by Crippen LogP contribution is -1.63. The monoisotopic (exact) mass is 228 g/mol. The first-order valence-electron chi connectivity index (χ1n) is 5.61. The van der Waals surface area contributed by atoms with Crippen molar-refractivity contribution < 1.29 is 0 Å². The van der Waals surface area contributed by atoms with Crippen LogP contribution in [0.2, 0.25) is 0 Å². The zero-order valence-electron chi connectivity index (χ0n) is 11.3. The summed E-state index contributed by atoms with van der Waals surface area (Å²) >= 11 is 0. The Balaban J connectivity index is 0. The van der Waals surface area contributed by atoms with Crippen LogP contribution >= 0.6 is 0 Å². The highest BCUT2D eigenvalue weighted by Crippen LogP contribution is 1.97. The van der Waals surface area contributed by atoms with E-state index in [1.807, 2.05) is 69.3 Å². The van der Waals surface area contributed by atoms with Gasteiger partial charge in [-0.1, -0.05) is 73.4 Å². The lowest BCUT2D eigenvalue weighted by Gasteiger charge is -1.85. The molecule has 0 N–H and O–H groups in total. The smallest absolute Gasteiger partial charge is 0.0263 e. The van der Waals surface area contributed by atoms with Crippen LogP contribution in [0.3, 0.4) is 0 Å². The van der Waals surface area contributed by atoms with E-state index in [1.54, 1.807) is 6.08 Å². The Labute approximate surface area is 107 Å². The van der Waals surface area contributed by atoms with Gasteiger partial charge in [0.1, 0.15) is 0 Å². The molecule has 0 aliphatic heterocycles. The van der Waals surface area contributed by atoms with Crippen molar-refractivity contribution in [3.63, 3.8) is 0 Å². The van der Waals surface area contributed by atoms with Crippen LogP contribution in [-0.4, -0.2) is 0 Å². The van der Waals surface area contributed by atoms with Crippen molar-refractivity contribution in [1.29, 1.82) is 0 Å². The highest BCUT2D eigenvalue weighted by atomic mass is 13.8. The number of hydrogen-bond donors (Lipinski definition) is 0. The zero-order chi connectivity index (χ0) is 13.5. The van der Waals surface area contributed by atoms with Crippen molar-refractivity contribution in [2.45, 2.75) is 20.8 Å². The fourth-order valence-electron chi connectivity index (χ4n) is 0.725. The largest absolute Gasteiger partial charge is 0.100 e. The average Bonchev–Trinajstić information content (AvgIpc) is 2.31. The van der Waals surface area contributed by atoms with E-state index < -0.39 is 0 Å². The average molecular weight is 228 g/mol. The number of allylic oxidation sites excluding steroid dienone is 4. The van der Waals surface area contributed by atoms with Gasteiger partial charge >= 0.3 is 0 Å². The van der Waals surface area contributed by atoms with Gasteiger partial charge in [0.15, 0.2) is 0 Å². The third kappa shape index (κ3) is 20.3. The van der Waals surface area contributed by atoms with Crippen LogP contribution in [0.5, 0.6) is 0 Å². The molecule has 0 unspecified atom stereocenters. The van der Waals surface area contributed by atoms with Crippen LogP contribution in [0.1, 0.15) is 26.3 Å². The zero-order valence-corrected chi connectivity index (χ0v) is 11.3. The molecule has 1 aromatic rings. The number of benzene rings is 1. The summed E-state index contributed by atoms with van der Waals surface area (Å²) in [5.74, 6) is 0. The number of hydrogen-bond acceptors (Lipinski definition) is 0. The molecule has 17 heavy (non-hydrogen) atoms.